The van der Waals surface area contributed by atoms with E-state index in [0.717, 1.165) is 0 Å². The summed E-state index contributed by atoms with van der Waals surface area (Å²) in [6.45, 7) is 3.89. The van der Waals surface area contributed by atoms with Crippen LogP contribution in [0.15, 0.2) is 18.7 Å². The molecule has 0 aromatic carbocycles. The Balaban J connectivity index is 2.36. The van der Waals surface area contributed by atoms with E-state index in [1.165, 1.54) is 27.9 Å². The molecule has 0 spiro atoms. The number of imidazole rings is 1. The smallest absolute Gasteiger partial charge is 0.303 e. The van der Waals surface area contributed by atoms with Crippen LogP contribution in [0, 0.1) is 0 Å². The summed E-state index contributed by atoms with van der Waals surface area (Å²) < 4.78 is 28.7. The Morgan fingerprint density at radius 1 is 1.00 bits per heavy atom. The van der Waals surface area contributed by atoms with Crippen LogP contribution in [0.25, 0.3) is 0 Å². The summed E-state index contributed by atoms with van der Waals surface area (Å²) in [7, 11) is 1.37. The van der Waals surface area contributed by atoms with Gasteiger partial charge in [-0.2, -0.15) is 0 Å². The number of carbonyl (C=O) groups is 3. The van der Waals surface area contributed by atoms with Crippen molar-refractivity contribution in [1.29, 1.82) is 0 Å². The van der Waals surface area contributed by atoms with Crippen molar-refractivity contribution in [3.8, 4) is 0 Å². The molecule has 1 aliphatic rings. The molecule has 1 aromatic heterocycles. The minimum atomic E-state index is -1.09. The van der Waals surface area contributed by atoms with E-state index in [-0.39, 0.29) is 6.54 Å². The van der Waals surface area contributed by atoms with Crippen LogP contribution in [-0.4, -0.2) is 65.3 Å². The summed E-state index contributed by atoms with van der Waals surface area (Å²) in [5.41, 5.74) is 0. The number of rotatable bonds is 6. The lowest BCUT2D eigenvalue weighted by molar-refractivity contribution is -0.299. The highest BCUT2D eigenvalue weighted by molar-refractivity contribution is 5.68. The molecule has 1 fully saturated rings. The zero-order valence-electron chi connectivity index (χ0n) is 15.0. The van der Waals surface area contributed by atoms with Crippen molar-refractivity contribution >= 4 is 17.9 Å². The van der Waals surface area contributed by atoms with Crippen molar-refractivity contribution in [2.75, 3.05) is 7.11 Å². The van der Waals surface area contributed by atoms with Gasteiger partial charge in [-0.25, -0.2) is 4.98 Å². The maximum absolute atomic E-state index is 11.6. The third-order valence-electron chi connectivity index (χ3n) is 3.68. The van der Waals surface area contributed by atoms with Gasteiger partial charge in [0.05, 0.1) is 12.9 Å². The molecular weight excluding hydrogens is 348 g/mol. The van der Waals surface area contributed by atoms with Crippen molar-refractivity contribution in [3.63, 3.8) is 0 Å². The molecule has 5 unspecified atom stereocenters. The number of aromatic nitrogens is 2. The van der Waals surface area contributed by atoms with Gasteiger partial charge in [0.1, 0.15) is 6.10 Å². The summed E-state index contributed by atoms with van der Waals surface area (Å²) in [5, 5.41) is 0. The SMILES string of the molecule is COC1OC(Cn2ccnc2)C(OC(C)=O)C(OC(C)=O)C1OC(C)=O. The Kier molecular flexibility index (Phi) is 6.70. The quantitative estimate of drug-likeness (QED) is 0.506. The second-order valence-corrected chi connectivity index (χ2v) is 5.76. The van der Waals surface area contributed by atoms with E-state index in [9.17, 15) is 14.4 Å². The zero-order valence-corrected chi connectivity index (χ0v) is 15.0. The fourth-order valence-corrected chi connectivity index (χ4v) is 2.79. The molecule has 0 amide bonds. The Morgan fingerprint density at radius 2 is 1.58 bits per heavy atom. The van der Waals surface area contributed by atoms with Crippen molar-refractivity contribution in [1.82, 2.24) is 9.55 Å². The van der Waals surface area contributed by atoms with Crippen LogP contribution in [0.4, 0.5) is 0 Å². The average Bonchev–Trinajstić information content (AvgIpc) is 3.04. The van der Waals surface area contributed by atoms with Gasteiger partial charge in [0.25, 0.3) is 0 Å². The standard InChI is InChI=1S/C16H22N2O8/c1-9(19)23-13-12(7-18-6-5-17-8-18)26-16(22-4)15(25-11(3)21)14(13)24-10(2)20/h5-6,8,12-16H,7H2,1-4H3. The van der Waals surface area contributed by atoms with Crippen LogP contribution >= 0.6 is 0 Å². The van der Waals surface area contributed by atoms with Crippen molar-refractivity contribution in [2.45, 2.75) is 58.0 Å². The lowest BCUT2D eigenvalue weighted by Crippen LogP contribution is -2.62. The molecule has 1 aromatic rings. The maximum atomic E-state index is 11.6. The van der Waals surface area contributed by atoms with Gasteiger partial charge in [-0.05, 0) is 0 Å². The lowest BCUT2D eigenvalue weighted by Gasteiger charge is -2.44. The second-order valence-electron chi connectivity index (χ2n) is 5.76. The lowest BCUT2D eigenvalue weighted by atomic mass is 9.97. The molecule has 2 rings (SSSR count). The van der Waals surface area contributed by atoms with Crippen molar-refractivity contribution < 1.29 is 38.1 Å². The van der Waals surface area contributed by atoms with E-state index < -0.39 is 48.6 Å². The number of carbonyl (C=O) groups excluding carboxylic acids is 3. The number of hydrogen-bond acceptors (Lipinski definition) is 9. The predicted octanol–water partition coefficient (Wildman–Crippen LogP) is 0.0495. The van der Waals surface area contributed by atoms with E-state index in [0.29, 0.717) is 0 Å². The molecule has 26 heavy (non-hydrogen) atoms. The Hall–Kier alpha value is -2.46. The molecule has 144 valence electrons. The first-order chi connectivity index (χ1) is 12.3. The summed E-state index contributed by atoms with van der Waals surface area (Å²) in [5.74, 6) is -1.83. The second kappa shape index (κ2) is 8.77. The first-order valence-electron chi connectivity index (χ1n) is 7.97. The van der Waals surface area contributed by atoms with Crippen LogP contribution in [0.1, 0.15) is 20.8 Å². The highest BCUT2D eigenvalue weighted by atomic mass is 16.7. The Morgan fingerprint density at radius 3 is 2.08 bits per heavy atom. The van der Waals surface area contributed by atoms with Gasteiger partial charge in [0.2, 0.25) is 0 Å². The number of hydrogen-bond donors (Lipinski definition) is 0. The highest BCUT2D eigenvalue weighted by Gasteiger charge is 2.52. The van der Waals surface area contributed by atoms with Crippen molar-refractivity contribution in [2.24, 2.45) is 0 Å². The van der Waals surface area contributed by atoms with Crippen LogP contribution in [0.5, 0.6) is 0 Å². The largest absolute Gasteiger partial charge is 0.456 e. The molecule has 5 atom stereocenters. The van der Waals surface area contributed by atoms with E-state index in [2.05, 4.69) is 4.98 Å². The van der Waals surface area contributed by atoms with Gasteiger partial charge < -0.3 is 28.3 Å². The van der Waals surface area contributed by atoms with Gasteiger partial charge in [-0.3, -0.25) is 14.4 Å². The van der Waals surface area contributed by atoms with Crippen molar-refractivity contribution in [3.05, 3.63) is 18.7 Å². The molecule has 0 N–H and O–H groups in total. The molecule has 2 heterocycles. The predicted molar refractivity (Wildman–Crippen MR) is 84.6 cm³/mol. The number of ether oxygens (including phenoxy) is 5. The minimum Gasteiger partial charge on any atom is -0.456 e. The maximum Gasteiger partial charge on any atom is 0.303 e. The number of esters is 3. The first kappa shape index (κ1) is 19.9. The third-order valence-corrected chi connectivity index (χ3v) is 3.68. The van der Waals surface area contributed by atoms with E-state index in [1.54, 1.807) is 23.3 Å². The monoisotopic (exact) mass is 370 g/mol. The molecule has 0 saturated carbocycles. The minimum absolute atomic E-state index is 0.252. The van der Waals surface area contributed by atoms with E-state index in [1.807, 2.05) is 0 Å². The number of nitrogens with zero attached hydrogens (tertiary/aromatic N) is 2. The topological polar surface area (TPSA) is 115 Å². The van der Waals surface area contributed by atoms with Crippen LogP contribution in [-0.2, 0) is 44.6 Å². The molecular formula is C16H22N2O8. The Labute approximate surface area is 150 Å². The summed E-state index contributed by atoms with van der Waals surface area (Å²) in [6, 6.07) is 0. The van der Waals surface area contributed by atoms with Gasteiger partial charge in [0, 0.05) is 40.3 Å². The van der Waals surface area contributed by atoms with Crippen LogP contribution in [0.3, 0.4) is 0 Å². The molecule has 0 bridgehead atoms. The molecule has 1 aliphatic heterocycles. The van der Waals surface area contributed by atoms with Crippen LogP contribution < -0.4 is 0 Å². The average molecular weight is 370 g/mol. The van der Waals surface area contributed by atoms with Gasteiger partial charge in [0.15, 0.2) is 24.6 Å². The highest BCUT2D eigenvalue weighted by Crippen LogP contribution is 2.30. The molecule has 10 heteroatoms. The summed E-state index contributed by atoms with van der Waals surface area (Å²) >= 11 is 0. The molecule has 1 saturated heterocycles. The summed E-state index contributed by atoms with van der Waals surface area (Å²) in [6.07, 6.45) is -0.0724. The fourth-order valence-electron chi connectivity index (χ4n) is 2.79. The Bertz CT molecular complexity index is 632. The fraction of sp³-hybridized carbons (Fsp3) is 0.625. The molecule has 10 nitrogen and oxygen atoms in total. The molecule has 0 aliphatic carbocycles. The zero-order chi connectivity index (χ0) is 19.3. The van der Waals surface area contributed by atoms with E-state index >= 15 is 0 Å². The number of methoxy groups -OCH3 is 1. The van der Waals surface area contributed by atoms with E-state index in [4.69, 9.17) is 23.7 Å². The van der Waals surface area contributed by atoms with Gasteiger partial charge in [-0.1, -0.05) is 0 Å². The third kappa shape index (κ3) is 5.02. The van der Waals surface area contributed by atoms with Crippen LogP contribution in [0.2, 0.25) is 0 Å². The summed E-state index contributed by atoms with van der Waals surface area (Å²) in [4.78, 5) is 38.6. The normalized spacial score (nSPS) is 28.2. The van der Waals surface area contributed by atoms with Gasteiger partial charge in [-0.15, -0.1) is 0 Å². The first-order valence-corrected chi connectivity index (χ1v) is 7.97. The van der Waals surface area contributed by atoms with Gasteiger partial charge >= 0.3 is 17.9 Å². The molecule has 0 radical (unpaired) electrons.